The van der Waals surface area contributed by atoms with E-state index in [1.54, 1.807) is 42.2 Å². The molecule has 1 N–H and O–H groups in total. The van der Waals surface area contributed by atoms with E-state index in [2.05, 4.69) is 15.5 Å². The molecule has 166 valence electrons. The van der Waals surface area contributed by atoms with Crippen molar-refractivity contribution in [3.05, 3.63) is 60.2 Å². The second-order valence-electron chi connectivity index (χ2n) is 7.27. The first-order valence-electron chi connectivity index (χ1n) is 10.0. The predicted octanol–water partition coefficient (Wildman–Crippen LogP) is 4.20. The number of halogens is 1. The van der Waals surface area contributed by atoms with Crippen LogP contribution in [0.3, 0.4) is 0 Å². The van der Waals surface area contributed by atoms with Gasteiger partial charge in [0.15, 0.2) is 17.7 Å². The van der Waals surface area contributed by atoms with Gasteiger partial charge in [-0.05, 0) is 38.1 Å². The molecule has 8 nitrogen and oxygen atoms in total. The molecular weight excluding hydrogens is 435 g/mol. The Hall–Kier alpha value is -3.40. The Balaban J connectivity index is 1.42. The number of carbonyl (C=O) groups excluding carboxylic acids is 2. The van der Waals surface area contributed by atoms with Crippen molar-refractivity contribution in [2.24, 2.45) is 0 Å². The Labute approximate surface area is 188 Å². The molecule has 10 heteroatoms. The van der Waals surface area contributed by atoms with E-state index in [0.717, 1.165) is 11.8 Å². The van der Waals surface area contributed by atoms with Crippen molar-refractivity contribution in [1.82, 2.24) is 10.2 Å². The molecule has 2 atom stereocenters. The molecule has 2 heterocycles. The number of benzene rings is 2. The van der Waals surface area contributed by atoms with Gasteiger partial charge in [-0.15, -0.1) is 10.2 Å². The van der Waals surface area contributed by atoms with Crippen molar-refractivity contribution < 1.29 is 23.1 Å². The maximum atomic E-state index is 13.8. The smallest absolute Gasteiger partial charge is 0.277 e. The Morgan fingerprint density at radius 2 is 2.03 bits per heavy atom. The number of rotatable bonds is 6. The molecule has 4 rings (SSSR count). The quantitative estimate of drug-likeness (QED) is 0.555. The van der Waals surface area contributed by atoms with Crippen LogP contribution in [0.4, 0.5) is 15.8 Å². The van der Waals surface area contributed by atoms with Gasteiger partial charge < -0.3 is 19.4 Å². The molecule has 32 heavy (non-hydrogen) atoms. The molecule has 0 fully saturated rings. The lowest BCUT2D eigenvalue weighted by molar-refractivity contribution is -0.117. The Morgan fingerprint density at radius 3 is 2.84 bits per heavy atom. The van der Waals surface area contributed by atoms with Crippen LogP contribution in [0.1, 0.15) is 32.3 Å². The number of anilines is 2. The van der Waals surface area contributed by atoms with E-state index in [9.17, 15) is 14.0 Å². The summed E-state index contributed by atoms with van der Waals surface area (Å²) in [5.41, 5.74) is 1.24. The minimum absolute atomic E-state index is 0.0387. The number of hydrogen-bond donors (Lipinski definition) is 1. The number of ether oxygens (including phenoxy) is 1. The van der Waals surface area contributed by atoms with E-state index >= 15 is 0 Å². The van der Waals surface area contributed by atoms with E-state index in [0.29, 0.717) is 11.4 Å². The predicted molar refractivity (Wildman–Crippen MR) is 117 cm³/mol. The monoisotopic (exact) mass is 456 g/mol. The zero-order chi connectivity index (χ0) is 22.7. The topological polar surface area (TPSA) is 97.6 Å². The number of aromatic nitrogens is 2. The van der Waals surface area contributed by atoms with Crippen LogP contribution >= 0.6 is 11.8 Å². The lowest BCUT2D eigenvalue weighted by Crippen LogP contribution is -2.40. The molecular formula is C22H21FN4O4S. The molecule has 2 amide bonds. The minimum Gasteiger partial charge on any atom is -0.478 e. The zero-order valence-electron chi connectivity index (χ0n) is 17.4. The molecule has 1 aliphatic rings. The van der Waals surface area contributed by atoms with Gasteiger partial charge in [0.1, 0.15) is 0 Å². The maximum Gasteiger partial charge on any atom is 0.277 e. The average molecular weight is 456 g/mol. The summed E-state index contributed by atoms with van der Waals surface area (Å²) in [5.74, 6) is -0.526. The summed E-state index contributed by atoms with van der Waals surface area (Å²) >= 11 is 1.09. The maximum absolute atomic E-state index is 13.8. The first-order valence-corrected chi connectivity index (χ1v) is 11.0. The molecule has 0 saturated carbocycles. The third-order valence-electron chi connectivity index (χ3n) is 4.86. The van der Waals surface area contributed by atoms with E-state index in [1.165, 1.54) is 12.1 Å². The molecule has 2 aromatic carbocycles. The van der Waals surface area contributed by atoms with Crippen LogP contribution < -0.4 is 15.0 Å². The lowest BCUT2D eigenvalue weighted by Gasteiger charge is -2.27. The van der Waals surface area contributed by atoms with Crippen LogP contribution in [0.15, 0.2) is 58.2 Å². The lowest BCUT2D eigenvalue weighted by atomic mass is 10.2. The molecule has 0 aliphatic carbocycles. The standard InChI is InChI=1S/C22H21FN4O4S/c1-13-11-19(28)24-16-8-4-5-9-17(16)27(13)20(29)12-32-22-26-25-21(31-22)14(2)30-18-10-6-3-7-15(18)23/h3-10,13-14H,11-12H2,1-2H3,(H,24,28)/t13-,14-/m1/s1. The van der Waals surface area contributed by atoms with Gasteiger partial charge in [-0.2, -0.15) is 0 Å². The molecule has 1 aromatic heterocycles. The number of amides is 2. The van der Waals surface area contributed by atoms with Gasteiger partial charge in [-0.25, -0.2) is 4.39 Å². The van der Waals surface area contributed by atoms with Crippen molar-refractivity contribution in [2.45, 2.75) is 37.6 Å². The third-order valence-corrected chi connectivity index (χ3v) is 5.66. The molecule has 0 unspecified atom stereocenters. The fourth-order valence-corrected chi connectivity index (χ4v) is 4.01. The molecule has 1 aliphatic heterocycles. The Kier molecular flexibility index (Phi) is 6.40. The summed E-state index contributed by atoms with van der Waals surface area (Å²) in [7, 11) is 0. The van der Waals surface area contributed by atoms with Crippen LogP contribution in [-0.4, -0.2) is 33.8 Å². The summed E-state index contributed by atoms with van der Waals surface area (Å²) in [6.45, 7) is 3.50. The highest BCUT2D eigenvalue weighted by molar-refractivity contribution is 7.99. The number of carbonyl (C=O) groups is 2. The van der Waals surface area contributed by atoms with Crippen molar-refractivity contribution in [2.75, 3.05) is 16.0 Å². The van der Waals surface area contributed by atoms with Gasteiger partial charge in [-0.1, -0.05) is 36.0 Å². The van der Waals surface area contributed by atoms with Crippen LogP contribution in [0.2, 0.25) is 0 Å². The first-order chi connectivity index (χ1) is 15.4. The molecule has 0 saturated heterocycles. The Morgan fingerprint density at radius 1 is 1.28 bits per heavy atom. The summed E-state index contributed by atoms with van der Waals surface area (Å²) in [6, 6.07) is 12.9. The second-order valence-corrected chi connectivity index (χ2v) is 8.19. The number of para-hydroxylation sites is 3. The van der Waals surface area contributed by atoms with Crippen molar-refractivity contribution in [3.8, 4) is 5.75 Å². The summed E-state index contributed by atoms with van der Waals surface area (Å²) < 4.78 is 24.9. The third kappa shape index (κ3) is 4.75. The fraction of sp³-hybridized carbons (Fsp3) is 0.273. The van der Waals surface area contributed by atoms with E-state index in [-0.39, 0.29) is 46.9 Å². The van der Waals surface area contributed by atoms with Crippen molar-refractivity contribution in [3.63, 3.8) is 0 Å². The van der Waals surface area contributed by atoms with E-state index in [4.69, 9.17) is 9.15 Å². The molecule has 3 aromatic rings. The van der Waals surface area contributed by atoms with E-state index in [1.807, 2.05) is 13.0 Å². The first kappa shape index (κ1) is 21.8. The normalized spacial score (nSPS) is 16.7. The summed E-state index contributed by atoms with van der Waals surface area (Å²) in [5, 5.41) is 10.9. The van der Waals surface area contributed by atoms with Gasteiger partial charge in [0.25, 0.3) is 11.1 Å². The molecule has 0 spiro atoms. The van der Waals surface area contributed by atoms with Gasteiger partial charge in [0, 0.05) is 12.5 Å². The Bertz CT molecular complexity index is 1140. The summed E-state index contributed by atoms with van der Waals surface area (Å²) in [4.78, 5) is 26.7. The SMILES string of the molecule is C[C@@H]1CC(=O)Nc2ccccc2N1C(=O)CSc1nnc([C@@H](C)Oc2ccccc2F)o1. The van der Waals surface area contributed by atoms with Crippen LogP contribution in [0, 0.1) is 5.82 Å². The highest BCUT2D eigenvalue weighted by Gasteiger charge is 2.30. The fourth-order valence-electron chi connectivity index (χ4n) is 3.39. The van der Waals surface area contributed by atoms with Crippen LogP contribution in [0.25, 0.3) is 0 Å². The van der Waals surface area contributed by atoms with Gasteiger partial charge in [-0.3, -0.25) is 9.59 Å². The molecule has 0 bridgehead atoms. The number of nitrogens with zero attached hydrogens (tertiary/aromatic N) is 3. The number of fused-ring (bicyclic) bond motifs is 1. The number of nitrogens with one attached hydrogen (secondary N) is 1. The number of hydrogen-bond acceptors (Lipinski definition) is 7. The number of thioether (sulfide) groups is 1. The van der Waals surface area contributed by atoms with E-state index < -0.39 is 11.9 Å². The van der Waals surface area contributed by atoms with Crippen LogP contribution in [-0.2, 0) is 9.59 Å². The zero-order valence-corrected chi connectivity index (χ0v) is 18.3. The van der Waals surface area contributed by atoms with Gasteiger partial charge in [0.2, 0.25) is 11.8 Å². The van der Waals surface area contributed by atoms with Crippen molar-refractivity contribution >= 4 is 35.0 Å². The van der Waals surface area contributed by atoms with Crippen LogP contribution in [0.5, 0.6) is 5.75 Å². The highest BCUT2D eigenvalue weighted by Crippen LogP contribution is 2.32. The van der Waals surface area contributed by atoms with Gasteiger partial charge >= 0.3 is 0 Å². The van der Waals surface area contributed by atoms with Gasteiger partial charge in [0.05, 0.1) is 17.1 Å². The second kappa shape index (κ2) is 9.39. The molecule has 0 radical (unpaired) electrons. The highest BCUT2D eigenvalue weighted by atomic mass is 32.2. The largest absolute Gasteiger partial charge is 0.478 e. The summed E-state index contributed by atoms with van der Waals surface area (Å²) in [6.07, 6.45) is -0.472. The van der Waals surface area contributed by atoms with Crippen molar-refractivity contribution in [1.29, 1.82) is 0 Å². The minimum atomic E-state index is -0.668. The average Bonchev–Trinajstić information content (AvgIpc) is 3.19.